The van der Waals surface area contributed by atoms with Crippen LogP contribution in [0.2, 0.25) is 0 Å². The third kappa shape index (κ3) is 4.44. The van der Waals surface area contributed by atoms with Gasteiger partial charge in [0.05, 0.1) is 6.10 Å². The first-order valence-electron chi connectivity index (χ1n) is 6.21. The average molecular weight is 239 g/mol. The molecule has 96 valence electrons. The SMILES string of the molecule is CCNC(Cc1cccc(F)c1)C(CC)OC. The van der Waals surface area contributed by atoms with Gasteiger partial charge >= 0.3 is 0 Å². The Balaban J connectivity index is 2.71. The maximum Gasteiger partial charge on any atom is 0.123 e. The third-order valence-electron chi connectivity index (χ3n) is 2.96. The maximum absolute atomic E-state index is 13.1. The Hall–Kier alpha value is -0.930. The summed E-state index contributed by atoms with van der Waals surface area (Å²) >= 11 is 0. The van der Waals surface area contributed by atoms with Crippen molar-refractivity contribution in [3.63, 3.8) is 0 Å². The largest absolute Gasteiger partial charge is 0.380 e. The number of ether oxygens (including phenoxy) is 1. The molecule has 0 spiro atoms. The fourth-order valence-corrected chi connectivity index (χ4v) is 2.13. The van der Waals surface area contributed by atoms with Gasteiger partial charge in [0.25, 0.3) is 0 Å². The summed E-state index contributed by atoms with van der Waals surface area (Å²) in [5, 5.41) is 3.41. The highest BCUT2D eigenvalue weighted by Gasteiger charge is 2.19. The van der Waals surface area contributed by atoms with Crippen LogP contribution in [0.15, 0.2) is 24.3 Å². The summed E-state index contributed by atoms with van der Waals surface area (Å²) < 4.78 is 18.6. The Morgan fingerprint density at radius 3 is 2.65 bits per heavy atom. The Kier molecular flexibility index (Phi) is 6.16. The van der Waals surface area contributed by atoms with E-state index in [0.717, 1.165) is 24.9 Å². The Morgan fingerprint density at radius 2 is 2.12 bits per heavy atom. The van der Waals surface area contributed by atoms with Gasteiger partial charge in [0.1, 0.15) is 5.82 Å². The second kappa shape index (κ2) is 7.41. The maximum atomic E-state index is 13.1. The minimum Gasteiger partial charge on any atom is -0.380 e. The zero-order chi connectivity index (χ0) is 12.7. The normalized spacial score (nSPS) is 14.6. The highest BCUT2D eigenvalue weighted by atomic mass is 19.1. The standard InChI is InChI=1S/C14H22FNO/c1-4-14(17-3)13(16-5-2)10-11-7-6-8-12(15)9-11/h6-9,13-14,16H,4-5,10H2,1-3H3. The van der Waals surface area contributed by atoms with E-state index in [0.29, 0.717) is 0 Å². The molecule has 3 heteroatoms. The van der Waals surface area contributed by atoms with Crippen LogP contribution in [-0.4, -0.2) is 25.8 Å². The van der Waals surface area contributed by atoms with E-state index in [1.54, 1.807) is 19.2 Å². The molecule has 1 rings (SSSR count). The molecule has 17 heavy (non-hydrogen) atoms. The molecule has 0 bridgehead atoms. The van der Waals surface area contributed by atoms with Gasteiger partial charge in [-0.3, -0.25) is 0 Å². The van der Waals surface area contributed by atoms with Gasteiger partial charge in [0, 0.05) is 13.2 Å². The number of methoxy groups -OCH3 is 1. The molecule has 0 radical (unpaired) electrons. The van der Waals surface area contributed by atoms with E-state index in [1.807, 2.05) is 6.07 Å². The smallest absolute Gasteiger partial charge is 0.123 e. The van der Waals surface area contributed by atoms with E-state index in [9.17, 15) is 4.39 Å². The fourth-order valence-electron chi connectivity index (χ4n) is 2.13. The highest BCUT2D eigenvalue weighted by molar-refractivity contribution is 5.17. The first-order valence-corrected chi connectivity index (χ1v) is 6.21. The minimum absolute atomic E-state index is 0.165. The highest BCUT2D eigenvalue weighted by Crippen LogP contribution is 2.12. The van der Waals surface area contributed by atoms with Crippen molar-refractivity contribution < 1.29 is 9.13 Å². The molecule has 0 saturated heterocycles. The van der Waals surface area contributed by atoms with Gasteiger partial charge < -0.3 is 10.1 Å². The molecule has 0 saturated carbocycles. The summed E-state index contributed by atoms with van der Waals surface area (Å²) in [4.78, 5) is 0. The Morgan fingerprint density at radius 1 is 1.35 bits per heavy atom. The first-order chi connectivity index (χ1) is 8.21. The molecule has 0 aliphatic carbocycles. The number of hydrogen-bond donors (Lipinski definition) is 1. The zero-order valence-electron chi connectivity index (χ0n) is 10.9. The molecule has 0 aliphatic rings. The third-order valence-corrected chi connectivity index (χ3v) is 2.96. The van der Waals surface area contributed by atoms with E-state index in [4.69, 9.17) is 4.74 Å². The molecule has 1 N–H and O–H groups in total. The summed E-state index contributed by atoms with van der Waals surface area (Å²) in [5.41, 5.74) is 1.01. The molecular formula is C14H22FNO. The van der Waals surface area contributed by atoms with Crippen LogP contribution in [0.3, 0.4) is 0 Å². The van der Waals surface area contributed by atoms with Gasteiger partial charge in [-0.05, 0) is 37.1 Å². The monoisotopic (exact) mass is 239 g/mol. The Labute approximate surface area is 103 Å². The predicted molar refractivity (Wildman–Crippen MR) is 68.7 cm³/mol. The van der Waals surface area contributed by atoms with Crippen LogP contribution in [-0.2, 0) is 11.2 Å². The van der Waals surface area contributed by atoms with Crippen molar-refractivity contribution in [1.82, 2.24) is 5.32 Å². The van der Waals surface area contributed by atoms with Gasteiger partial charge in [-0.15, -0.1) is 0 Å². The quantitative estimate of drug-likeness (QED) is 0.790. The zero-order valence-corrected chi connectivity index (χ0v) is 10.9. The van der Waals surface area contributed by atoms with Crippen molar-refractivity contribution in [2.45, 2.75) is 38.8 Å². The van der Waals surface area contributed by atoms with Crippen molar-refractivity contribution in [3.05, 3.63) is 35.6 Å². The lowest BCUT2D eigenvalue weighted by atomic mass is 9.99. The van der Waals surface area contributed by atoms with Gasteiger partial charge in [0.15, 0.2) is 0 Å². The second-order valence-electron chi connectivity index (χ2n) is 4.18. The van der Waals surface area contributed by atoms with Crippen LogP contribution >= 0.6 is 0 Å². The van der Waals surface area contributed by atoms with Gasteiger partial charge in [-0.25, -0.2) is 4.39 Å². The van der Waals surface area contributed by atoms with Gasteiger partial charge in [-0.1, -0.05) is 26.0 Å². The van der Waals surface area contributed by atoms with Gasteiger partial charge in [-0.2, -0.15) is 0 Å². The topological polar surface area (TPSA) is 21.3 Å². The lowest BCUT2D eigenvalue weighted by Gasteiger charge is -2.26. The molecular weight excluding hydrogens is 217 g/mol. The summed E-state index contributed by atoms with van der Waals surface area (Å²) in [5.74, 6) is -0.178. The van der Waals surface area contributed by atoms with Gasteiger partial charge in [0.2, 0.25) is 0 Å². The van der Waals surface area contributed by atoms with E-state index in [-0.39, 0.29) is 18.0 Å². The van der Waals surface area contributed by atoms with Crippen LogP contribution in [0.1, 0.15) is 25.8 Å². The van der Waals surface area contributed by atoms with Crippen molar-refractivity contribution in [1.29, 1.82) is 0 Å². The number of hydrogen-bond acceptors (Lipinski definition) is 2. The van der Waals surface area contributed by atoms with Crippen molar-refractivity contribution >= 4 is 0 Å². The number of benzene rings is 1. The molecule has 0 heterocycles. The molecule has 2 nitrogen and oxygen atoms in total. The number of halogens is 1. The molecule has 0 aliphatic heterocycles. The lowest BCUT2D eigenvalue weighted by molar-refractivity contribution is 0.0658. The second-order valence-corrected chi connectivity index (χ2v) is 4.18. The molecule has 1 aromatic carbocycles. The van der Waals surface area contributed by atoms with Crippen molar-refractivity contribution in [3.8, 4) is 0 Å². The lowest BCUT2D eigenvalue weighted by Crippen LogP contribution is -2.42. The number of nitrogens with one attached hydrogen (secondary N) is 1. The summed E-state index contributed by atoms with van der Waals surface area (Å²) in [6, 6.07) is 7.00. The van der Waals surface area contributed by atoms with Crippen molar-refractivity contribution in [2.75, 3.05) is 13.7 Å². The predicted octanol–water partition coefficient (Wildman–Crippen LogP) is 2.77. The van der Waals surface area contributed by atoms with E-state index < -0.39 is 0 Å². The minimum atomic E-state index is -0.178. The molecule has 2 atom stereocenters. The molecule has 0 aromatic heterocycles. The molecule has 0 amide bonds. The average Bonchev–Trinajstić information content (AvgIpc) is 2.31. The first kappa shape index (κ1) is 14.1. The van der Waals surface area contributed by atoms with Crippen LogP contribution in [0.4, 0.5) is 4.39 Å². The molecule has 1 aromatic rings. The van der Waals surface area contributed by atoms with Crippen molar-refractivity contribution in [2.24, 2.45) is 0 Å². The summed E-state index contributed by atoms with van der Waals surface area (Å²) in [6.07, 6.45) is 1.90. The van der Waals surface area contributed by atoms with Crippen LogP contribution in [0, 0.1) is 5.82 Å². The van der Waals surface area contributed by atoms with Crippen LogP contribution in [0.25, 0.3) is 0 Å². The van der Waals surface area contributed by atoms with E-state index >= 15 is 0 Å². The molecule has 0 fully saturated rings. The Bertz CT molecular complexity index is 326. The fraction of sp³-hybridized carbons (Fsp3) is 0.571. The van der Waals surface area contributed by atoms with E-state index in [1.165, 1.54) is 6.07 Å². The number of rotatable bonds is 7. The molecule has 2 unspecified atom stereocenters. The summed E-state index contributed by atoms with van der Waals surface area (Å²) in [7, 11) is 1.73. The number of likely N-dealkylation sites (N-methyl/N-ethyl adjacent to an activating group) is 1. The summed E-state index contributed by atoms with van der Waals surface area (Å²) in [6.45, 7) is 5.06. The van der Waals surface area contributed by atoms with Crippen LogP contribution < -0.4 is 5.32 Å². The van der Waals surface area contributed by atoms with E-state index in [2.05, 4.69) is 19.2 Å². The van der Waals surface area contributed by atoms with Crippen LogP contribution in [0.5, 0.6) is 0 Å².